The summed E-state index contributed by atoms with van der Waals surface area (Å²) in [6.07, 6.45) is -21.9. The summed E-state index contributed by atoms with van der Waals surface area (Å²) in [4.78, 5) is 40.4. The van der Waals surface area contributed by atoms with Crippen LogP contribution in [0.1, 0.15) is 128 Å². The number of hydrogen-bond donors (Lipinski definition) is 11. The molecule has 0 aromatic heterocycles. The first kappa shape index (κ1) is 63.0. The molecule has 0 bridgehead atoms. The molecule has 0 amide bonds. The Labute approximate surface area is 468 Å². The van der Waals surface area contributed by atoms with E-state index < -0.39 is 186 Å². The Balaban J connectivity index is 1.13. The lowest BCUT2D eigenvalue weighted by atomic mass is 9.33. The van der Waals surface area contributed by atoms with Gasteiger partial charge in [-0.05, 0) is 119 Å². The quantitative estimate of drug-likeness (QED) is 0.0541. The molecule has 0 aromatic carbocycles. The van der Waals surface area contributed by atoms with Crippen molar-refractivity contribution in [1.82, 2.24) is 0 Å². The van der Waals surface area contributed by atoms with Crippen molar-refractivity contribution in [2.75, 3.05) is 13.2 Å². The van der Waals surface area contributed by atoms with E-state index in [9.17, 15) is 70.6 Å². The van der Waals surface area contributed by atoms with Crippen LogP contribution in [0.4, 0.5) is 0 Å². The number of hydrogen-bond acceptors (Lipinski definition) is 21. The number of carboxylic acids is 1. The summed E-state index contributed by atoms with van der Waals surface area (Å²) in [5.74, 6) is -3.41. The normalized spacial score (nSPS) is 49.2. The van der Waals surface area contributed by atoms with Gasteiger partial charge in [0.05, 0.1) is 36.9 Å². The van der Waals surface area contributed by atoms with E-state index in [-0.39, 0.29) is 18.3 Å². The molecule has 3 aliphatic heterocycles. The van der Waals surface area contributed by atoms with E-state index in [1.165, 1.54) is 6.92 Å². The molecule has 3 saturated heterocycles. The van der Waals surface area contributed by atoms with Gasteiger partial charge in [0.1, 0.15) is 67.1 Å². The van der Waals surface area contributed by atoms with Crippen LogP contribution >= 0.6 is 0 Å². The van der Waals surface area contributed by atoms with Crippen LogP contribution in [-0.4, -0.2) is 204 Å². The highest BCUT2D eigenvalue weighted by atomic mass is 16.8. The van der Waals surface area contributed by atoms with Crippen molar-refractivity contribution >= 4 is 17.9 Å². The molecule has 0 radical (unpaired) electrons. The zero-order valence-electron chi connectivity index (χ0n) is 48.2. The second kappa shape index (κ2) is 22.8. The molecule has 26 atom stereocenters. The van der Waals surface area contributed by atoms with E-state index in [4.69, 9.17) is 37.9 Å². The Hall–Kier alpha value is -3.01. The fourth-order valence-electron chi connectivity index (χ4n) is 16.3. The third-order valence-electron chi connectivity index (χ3n) is 21.6. The molecule has 11 N–H and O–H groups in total. The van der Waals surface area contributed by atoms with E-state index in [0.29, 0.717) is 49.7 Å². The molecule has 5 aliphatic carbocycles. The first-order chi connectivity index (χ1) is 37.3. The van der Waals surface area contributed by atoms with Gasteiger partial charge in [0.2, 0.25) is 0 Å². The summed E-state index contributed by atoms with van der Waals surface area (Å²) in [5.41, 5.74) is -2.72. The van der Waals surface area contributed by atoms with Crippen molar-refractivity contribution in [3.8, 4) is 0 Å². The van der Waals surface area contributed by atoms with Crippen LogP contribution in [0.5, 0.6) is 0 Å². The van der Waals surface area contributed by atoms with Crippen LogP contribution in [-0.2, 0) is 52.3 Å². The number of fused-ring (bicyclic) bond motifs is 7. The minimum Gasteiger partial charge on any atom is -0.479 e. The van der Waals surface area contributed by atoms with E-state index in [0.717, 1.165) is 5.57 Å². The Morgan fingerprint density at radius 2 is 1.24 bits per heavy atom. The molecular weight excluding hydrogens is 1050 g/mol. The Bertz CT molecular complexity index is 2390. The van der Waals surface area contributed by atoms with Crippen LogP contribution in [0.3, 0.4) is 0 Å². The van der Waals surface area contributed by atoms with Gasteiger partial charge in [-0.1, -0.05) is 72.3 Å². The first-order valence-corrected chi connectivity index (χ1v) is 28.5. The number of allylic oxidation sites excluding steroid dienone is 4. The SMILES string of the molecule is C/C=C(/C)C(=O)O[C@H]1[C@H](OC(=O)/C(C)=C\C)[C@]2(CO)[C@H](O)C[C@]3(C)C(=CC[C@@H]4[C@@]5(C)CC[C@H](O[C@@H]6O[C@H](C(=O)O)[C@@H](O)[C@H](O[C@@H]7O[C@@H](C)[C@H](O)[C@@H](O)[C@H]7O)[C@H]6O[C@@H]6O[C@H](CO)[C@H](O)[C@H](O)[C@H]6O)C(C)(C)[C@@H]5CC[C@]43C)[C@@H]2CC1(C)C. The maximum absolute atomic E-state index is 13.8. The lowest BCUT2D eigenvalue weighted by Gasteiger charge is -2.72. The predicted octanol–water partition coefficient (Wildman–Crippen LogP) is 1.68. The lowest BCUT2D eigenvalue weighted by Crippen LogP contribution is -2.72. The van der Waals surface area contributed by atoms with Gasteiger partial charge in [-0.3, -0.25) is 0 Å². The topological polar surface area (TPSA) is 348 Å². The molecule has 22 heteroatoms. The molecule has 4 saturated carbocycles. The number of aliphatic carboxylic acids is 1. The van der Waals surface area contributed by atoms with Gasteiger partial charge in [0, 0.05) is 16.6 Å². The minimum atomic E-state index is -2.11. The van der Waals surface area contributed by atoms with E-state index in [1.807, 2.05) is 13.8 Å². The molecule has 22 nitrogen and oxygen atoms in total. The average molecular weight is 1140 g/mol. The second-order valence-corrected chi connectivity index (χ2v) is 26.4. The molecule has 0 unspecified atom stereocenters. The van der Waals surface area contributed by atoms with Gasteiger partial charge in [0.15, 0.2) is 31.1 Å². The number of rotatable bonds is 13. The smallest absolute Gasteiger partial charge is 0.335 e. The number of aliphatic hydroxyl groups is 10. The largest absolute Gasteiger partial charge is 0.479 e. The van der Waals surface area contributed by atoms with Crippen molar-refractivity contribution in [2.45, 2.75) is 245 Å². The molecule has 8 rings (SSSR count). The van der Waals surface area contributed by atoms with Gasteiger partial charge in [-0.2, -0.15) is 0 Å². The highest BCUT2D eigenvalue weighted by molar-refractivity contribution is 5.89. The Morgan fingerprint density at radius 1 is 0.662 bits per heavy atom. The van der Waals surface area contributed by atoms with Gasteiger partial charge < -0.3 is 94.1 Å². The van der Waals surface area contributed by atoms with E-state index in [1.54, 1.807) is 39.8 Å². The number of carbonyl (C=O) groups is 3. The monoisotopic (exact) mass is 1140 g/mol. The molecule has 454 valence electrons. The van der Waals surface area contributed by atoms with Crippen LogP contribution in [0.15, 0.2) is 34.9 Å². The maximum atomic E-state index is 13.8. The van der Waals surface area contributed by atoms with Crippen molar-refractivity contribution in [3.63, 3.8) is 0 Å². The third-order valence-corrected chi connectivity index (χ3v) is 21.6. The van der Waals surface area contributed by atoms with Crippen molar-refractivity contribution in [3.05, 3.63) is 34.9 Å². The first-order valence-electron chi connectivity index (χ1n) is 28.5. The van der Waals surface area contributed by atoms with Gasteiger partial charge in [0.25, 0.3) is 0 Å². The average Bonchev–Trinajstić information content (AvgIpc) is 1.97. The minimum absolute atomic E-state index is 0.0207. The van der Waals surface area contributed by atoms with Crippen LogP contribution < -0.4 is 0 Å². The summed E-state index contributed by atoms with van der Waals surface area (Å²) in [5, 5.41) is 122. The molecule has 8 aliphatic rings. The Morgan fingerprint density at radius 3 is 1.81 bits per heavy atom. The van der Waals surface area contributed by atoms with E-state index in [2.05, 4.69) is 40.7 Å². The highest BCUT2D eigenvalue weighted by Gasteiger charge is 2.74. The van der Waals surface area contributed by atoms with Crippen molar-refractivity contribution < 1.29 is 108 Å². The van der Waals surface area contributed by atoms with E-state index >= 15 is 0 Å². The van der Waals surface area contributed by atoms with Crippen LogP contribution in [0.2, 0.25) is 0 Å². The van der Waals surface area contributed by atoms with Gasteiger partial charge in [-0.25, -0.2) is 14.4 Å². The summed E-state index contributed by atoms with van der Waals surface area (Å²) in [6.45, 7) is 21.6. The molecule has 0 spiro atoms. The summed E-state index contributed by atoms with van der Waals surface area (Å²) in [7, 11) is 0. The molecule has 7 fully saturated rings. The number of carboxylic acid groups (broad SMARTS) is 1. The fourth-order valence-corrected chi connectivity index (χ4v) is 16.3. The molecular formula is C58H90O22. The zero-order chi connectivity index (χ0) is 59.3. The third kappa shape index (κ3) is 10.1. The highest BCUT2D eigenvalue weighted by Crippen LogP contribution is 2.76. The summed E-state index contributed by atoms with van der Waals surface area (Å²) < 4.78 is 49.5. The van der Waals surface area contributed by atoms with Crippen LogP contribution in [0.25, 0.3) is 0 Å². The second-order valence-electron chi connectivity index (χ2n) is 26.4. The lowest BCUT2D eigenvalue weighted by molar-refractivity contribution is -0.395. The molecule has 0 aromatic rings. The van der Waals surface area contributed by atoms with Crippen LogP contribution in [0, 0.1) is 50.2 Å². The fraction of sp³-hybridized carbons (Fsp3) is 0.845. The standard InChI is InChI=1S/C58H90O22/c1-13-25(3)48(71)79-45-46(80-49(72)26(4)14-2)58(24-60)29(21-53(45,6)7)28-15-16-32-55(10)19-18-34(54(8,9)31(55)17-20-56(32,11)57(28,12)22-33(58)61)75-52-44(78-51-40(67)38(65)36(63)30(23-59)74-51)42(41(68)43(77-52)47(69)70)76-50-39(66)37(64)35(62)27(5)73-50/h13-15,27,29-46,50-52,59-68H,16-24H2,1-12H3,(H,69,70)/b25-13-,26-14-/t27-,29-,30+,31-,32+,33+,34-,35-,36-,37+,38-,39+,40+,41-,42-,43-,44+,45-,46-,50-,51-,52+,55-,56+,57+,58-/m0/s1. The van der Waals surface area contributed by atoms with Gasteiger partial charge >= 0.3 is 17.9 Å². The zero-order valence-corrected chi connectivity index (χ0v) is 48.2. The number of ether oxygens (including phenoxy) is 8. The number of esters is 2. The Kier molecular flexibility index (Phi) is 17.9. The predicted molar refractivity (Wildman–Crippen MR) is 280 cm³/mol. The van der Waals surface area contributed by atoms with Crippen molar-refractivity contribution in [2.24, 2.45) is 50.2 Å². The summed E-state index contributed by atoms with van der Waals surface area (Å²) >= 11 is 0. The van der Waals surface area contributed by atoms with Gasteiger partial charge in [-0.15, -0.1) is 0 Å². The van der Waals surface area contributed by atoms with Crippen molar-refractivity contribution in [1.29, 1.82) is 0 Å². The molecule has 80 heavy (non-hydrogen) atoms. The molecule has 3 heterocycles. The number of aliphatic hydroxyl groups excluding tert-OH is 10. The maximum Gasteiger partial charge on any atom is 0.335 e. The number of carbonyl (C=O) groups excluding carboxylic acids is 2. The summed E-state index contributed by atoms with van der Waals surface area (Å²) in [6, 6.07) is 0.